The molecule has 0 aliphatic heterocycles. The molecule has 0 amide bonds. The molecule has 0 spiro atoms. The van der Waals surface area contributed by atoms with E-state index in [2.05, 4.69) is 9.97 Å². The van der Waals surface area contributed by atoms with Crippen LogP contribution in [0, 0.1) is 0 Å². The number of aromatic nitrogens is 2. The smallest absolute Gasteiger partial charge is 0.243 e. The first-order chi connectivity index (χ1) is 9.41. The van der Waals surface area contributed by atoms with Crippen molar-refractivity contribution >= 4 is 15.8 Å². The fraction of sp³-hybridized carbons (Fsp3) is 0.231. The lowest BCUT2D eigenvalue weighted by molar-refractivity contribution is 0.101. The zero-order chi connectivity index (χ0) is 14.8. The Morgan fingerprint density at radius 2 is 2.15 bits per heavy atom. The Labute approximate surface area is 117 Å². The average Bonchev–Trinajstić information content (AvgIpc) is 2.91. The van der Waals surface area contributed by atoms with E-state index in [9.17, 15) is 13.2 Å². The van der Waals surface area contributed by atoms with Crippen molar-refractivity contribution in [1.29, 1.82) is 0 Å². The number of nitrogens with zero attached hydrogens (tertiary/aromatic N) is 2. The van der Waals surface area contributed by atoms with Crippen molar-refractivity contribution in [2.24, 2.45) is 0 Å². The SMILES string of the molecule is CC(=O)c1cccc(S(=O)(=O)N(C)Cc2ncc[nH]2)c1. The summed E-state index contributed by atoms with van der Waals surface area (Å²) in [7, 11) is -2.18. The van der Waals surface area contributed by atoms with Crippen LogP contribution in [0.3, 0.4) is 0 Å². The number of carbonyl (C=O) groups excluding carboxylic acids is 1. The zero-order valence-corrected chi connectivity index (χ0v) is 12.0. The quantitative estimate of drug-likeness (QED) is 0.845. The van der Waals surface area contributed by atoms with Gasteiger partial charge in [-0.15, -0.1) is 0 Å². The van der Waals surface area contributed by atoms with E-state index < -0.39 is 10.0 Å². The molecule has 0 bridgehead atoms. The van der Waals surface area contributed by atoms with Crippen LogP contribution in [0.25, 0.3) is 0 Å². The van der Waals surface area contributed by atoms with Gasteiger partial charge in [-0.2, -0.15) is 4.31 Å². The summed E-state index contributed by atoms with van der Waals surface area (Å²) in [6, 6.07) is 6.01. The lowest BCUT2D eigenvalue weighted by Gasteiger charge is -2.16. The fourth-order valence-electron chi connectivity index (χ4n) is 1.74. The van der Waals surface area contributed by atoms with Crippen molar-refractivity contribution in [3.8, 4) is 0 Å². The molecule has 0 saturated carbocycles. The van der Waals surface area contributed by atoms with E-state index in [0.717, 1.165) is 0 Å². The van der Waals surface area contributed by atoms with Crippen molar-refractivity contribution in [3.05, 3.63) is 48.0 Å². The molecule has 0 atom stereocenters. The van der Waals surface area contributed by atoms with Crippen molar-refractivity contribution in [3.63, 3.8) is 0 Å². The molecule has 20 heavy (non-hydrogen) atoms. The summed E-state index contributed by atoms with van der Waals surface area (Å²) < 4.78 is 26.0. The maximum absolute atomic E-state index is 12.4. The third kappa shape index (κ3) is 2.94. The van der Waals surface area contributed by atoms with E-state index in [1.165, 1.54) is 30.4 Å². The zero-order valence-electron chi connectivity index (χ0n) is 11.2. The van der Waals surface area contributed by atoms with Gasteiger partial charge in [0.25, 0.3) is 0 Å². The molecule has 0 radical (unpaired) electrons. The van der Waals surface area contributed by atoms with Crippen LogP contribution in [0.2, 0.25) is 0 Å². The Hall–Kier alpha value is -1.99. The Morgan fingerprint density at radius 1 is 1.40 bits per heavy atom. The van der Waals surface area contributed by atoms with Crippen LogP contribution >= 0.6 is 0 Å². The molecule has 106 valence electrons. The number of imidazole rings is 1. The second-order valence-electron chi connectivity index (χ2n) is 4.38. The number of carbonyl (C=O) groups is 1. The fourth-order valence-corrected chi connectivity index (χ4v) is 2.91. The minimum absolute atomic E-state index is 0.0965. The van der Waals surface area contributed by atoms with Crippen LogP contribution in [0.4, 0.5) is 0 Å². The van der Waals surface area contributed by atoms with Gasteiger partial charge in [0.2, 0.25) is 10.0 Å². The molecule has 0 aliphatic carbocycles. The number of ketones is 1. The van der Waals surface area contributed by atoms with Gasteiger partial charge in [0.1, 0.15) is 5.82 Å². The van der Waals surface area contributed by atoms with Gasteiger partial charge in [0.15, 0.2) is 5.78 Å². The second-order valence-corrected chi connectivity index (χ2v) is 6.43. The van der Waals surface area contributed by atoms with Crippen LogP contribution in [0.15, 0.2) is 41.6 Å². The highest BCUT2D eigenvalue weighted by Crippen LogP contribution is 2.17. The Balaban J connectivity index is 2.29. The number of nitrogens with one attached hydrogen (secondary N) is 1. The second kappa shape index (κ2) is 5.56. The minimum atomic E-state index is -3.65. The van der Waals surface area contributed by atoms with E-state index in [1.807, 2.05) is 0 Å². The van der Waals surface area contributed by atoms with E-state index in [4.69, 9.17) is 0 Å². The molecule has 2 rings (SSSR count). The van der Waals surface area contributed by atoms with Crippen LogP contribution in [0.1, 0.15) is 23.1 Å². The predicted molar refractivity (Wildman–Crippen MR) is 73.7 cm³/mol. The van der Waals surface area contributed by atoms with Gasteiger partial charge in [-0.1, -0.05) is 12.1 Å². The van der Waals surface area contributed by atoms with Gasteiger partial charge >= 0.3 is 0 Å². The standard InChI is InChI=1S/C13H15N3O3S/c1-10(17)11-4-3-5-12(8-11)20(18,19)16(2)9-13-14-6-7-15-13/h3-8H,9H2,1-2H3,(H,14,15). The molecule has 2 aromatic rings. The van der Waals surface area contributed by atoms with Crippen molar-refractivity contribution in [1.82, 2.24) is 14.3 Å². The molecule has 0 fully saturated rings. The summed E-state index contributed by atoms with van der Waals surface area (Å²) in [5.41, 5.74) is 0.373. The number of Topliss-reactive ketones (excluding diaryl/α,β-unsaturated/α-hetero) is 1. The van der Waals surface area contributed by atoms with Gasteiger partial charge < -0.3 is 4.98 Å². The summed E-state index contributed by atoms with van der Waals surface area (Å²) in [6.45, 7) is 1.54. The molecule has 1 aromatic heterocycles. The molecule has 0 saturated heterocycles. The summed E-state index contributed by atoms with van der Waals surface area (Å²) in [5.74, 6) is 0.384. The minimum Gasteiger partial charge on any atom is -0.347 e. The number of benzene rings is 1. The van der Waals surface area contributed by atoms with Gasteiger partial charge in [-0.05, 0) is 19.1 Å². The molecule has 7 heteroatoms. The van der Waals surface area contributed by atoms with Gasteiger partial charge in [-0.25, -0.2) is 13.4 Å². The molecule has 6 nitrogen and oxygen atoms in total. The maximum Gasteiger partial charge on any atom is 0.243 e. The Kier molecular flexibility index (Phi) is 4.01. The van der Waals surface area contributed by atoms with Crippen LogP contribution in [-0.2, 0) is 16.6 Å². The van der Waals surface area contributed by atoms with Crippen LogP contribution in [0.5, 0.6) is 0 Å². The summed E-state index contributed by atoms with van der Waals surface area (Å²) in [6.07, 6.45) is 3.19. The third-order valence-electron chi connectivity index (χ3n) is 2.88. The van der Waals surface area contributed by atoms with Crippen molar-refractivity contribution in [2.75, 3.05) is 7.05 Å². The lowest BCUT2D eigenvalue weighted by Crippen LogP contribution is -2.27. The van der Waals surface area contributed by atoms with E-state index >= 15 is 0 Å². The molecule has 0 unspecified atom stereocenters. The molecule has 1 aromatic carbocycles. The topological polar surface area (TPSA) is 83.1 Å². The van der Waals surface area contributed by atoms with Crippen LogP contribution < -0.4 is 0 Å². The monoisotopic (exact) mass is 293 g/mol. The number of rotatable bonds is 5. The van der Waals surface area contributed by atoms with E-state index in [0.29, 0.717) is 11.4 Å². The van der Waals surface area contributed by atoms with Crippen molar-refractivity contribution in [2.45, 2.75) is 18.4 Å². The molecule has 0 aliphatic rings. The summed E-state index contributed by atoms with van der Waals surface area (Å²) >= 11 is 0. The van der Waals surface area contributed by atoms with Gasteiger partial charge in [0.05, 0.1) is 11.4 Å². The first-order valence-electron chi connectivity index (χ1n) is 5.97. The largest absolute Gasteiger partial charge is 0.347 e. The summed E-state index contributed by atoms with van der Waals surface area (Å²) in [4.78, 5) is 18.3. The highest BCUT2D eigenvalue weighted by atomic mass is 32.2. The van der Waals surface area contributed by atoms with Gasteiger partial charge in [-0.3, -0.25) is 4.79 Å². The predicted octanol–water partition coefficient (Wildman–Crippen LogP) is 1.43. The first kappa shape index (κ1) is 14.4. The lowest BCUT2D eigenvalue weighted by atomic mass is 10.2. The summed E-state index contributed by atoms with van der Waals surface area (Å²) in [5, 5.41) is 0. The average molecular weight is 293 g/mol. The number of hydrogen-bond donors (Lipinski definition) is 1. The van der Waals surface area contributed by atoms with Gasteiger partial charge in [0, 0.05) is 25.0 Å². The Morgan fingerprint density at radius 3 is 2.75 bits per heavy atom. The molecule has 1 heterocycles. The van der Waals surface area contributed by atoms with Crippen LogP contribution in [-0.4, -0.2) is 35.5 Å². The van der Waals surface area contributed by atoms with E-state index in [1.54, 1.807) is 24.5 Å². The first-order valence-corrected chi connectivity index (χ1v) is 7.41. The molecule has 1 N–H and O–H groups in total. The highest BCUT2D eigenvalue weighted by Gasteiger charge is 2.22. The number of H-pyrrole nitrogens is 1. The number of sulfonamides is 1. The highest BCUT2D eigenvalue weighted by molar-refractivity contribution is 7.89. The molecular weight excluding hydrogens is 278 g/mol. The number of aromatic amines is 1. The maximum atomic E-state index is 12.4. The number of hydrogen-bond acceptors (Lipinski definition) is 4. The normalized spacial score (nSPS) is 11.8. The molecular formula is C13H15N3O3S. The van der Waals surface area contributed by atoms with Crippen molar-refractivity contribution < 1.29 is 13.2 Å². The third-order valence-corrected chi connectivity index (χ3v) is 4.68. The Bertz CT molecular complexity index is 708. The van der Waals surface area contributed by atoms with E-state index in [-0.39, 0.29) is 17.2 Å².